The van der Waals surface area contributed by atoms with E-state index >= 15 is 0 Å². The van der Waals surface area contributed by atoms with Gasteiger partial charge in [-0.25, -0.2) is 0 Å². The van der Waals surface area contributed by atoms with Crippen LogP contribution in [0.15, 0.2) is 0 Å². The van der Waals surface area contributed by atoms with Crippen molar-refractivity contribution in [3.8, 4) is 0 Å². The number of unbranched alkanes of at least 4 members (excludes halogenated alkanes) is 2. The van der Waals surface area contributed by atoms with Crippen molar-refractivity contribution >= 4 is 9.76 Å². The maximum atomic E-state index is 5.31. The lowest BCUT2D eigenvalue weighted by atomic mass is 10.3. The van der Waals surface area contributed by atoms with Crippen molar-refractivity contribution in [1.29, 1.82) is 0 Å². The minimum atomic E-state index is -0.335. The summed E-state index contributed by atoms with van der Waals surface area (Å²) in [6, 6.07) is 0. The molecule has 0 heterocycles. The summed E-state index contributed by atoms with van der Waals surface area (Å²) in [4.78, 5) is 0. The second-order valence-electron chi connectivity index (χ2n) is 2.31. The van der Waals surface area contributed by atoms with Crippen LogP contribution in [-0.4, -0.2) is 29.7 Å². The maximum Gasteiger partial charge on any atom is 0.186 e. The van der Waals surface area contributed by atoms with Crippen molar-refractivity contribution < 1.29 is 9.16 Å². The van der Waals surface area contributed by atoms with Crippen LogP contribution in [0.5, 0.6) is 0 Å². The molecule has 10 heavy (non-hydrogen) atoms. The van der Waals surface area contributed by atoms with Gasteiger partial charge in [-0.05, 0) is 6.42 Å². The minimum Gasteiger partial charge on any atom is -0.425 e. The highest BCUT2D eigenvalue weighted by Gasteiger charge is 1.87. The van der Waals surface area contributed by atoms with Crippen LogP contribution in [-0.2, 0) is 9.16 Å². The molecule has 0 aromatic heterocycles. The predicted molar refractivity (Wildman–Crippen MR) is 45.9 cm³/mol. The van der Waals surface area contributed by atoms with E-state index in [1.165, 1.54) is 19.3 Å². The van der Waals surface area contributed by atoms with Crippen LogP contribution < -0.4 is 0 Å². The van der Waals surface area contributed by atoms with Crippen LogP contribution in [0.2, 0.25) is 0 Å². The third-order valence-corrected chi connectivity index (χ3v) is 2.19. The molecule has 0 unspecified atom stereocenters. The summed E-state index contributed by atoms with van der Waals surface area (Å²) in [5, 5.41) is 0. The van der Waals surface area contributed by atoms with Crippen molar-refractivity contribution in [2.24, 2.45) is 0 Å². The molecule has 62 valence electrons. The Bertz CT molecular complexity index is 51.6. The molecule has 0 saturated heterocycles. The summed E-state index contributed by atoms with van der Waals surface area (Å²) >= 11 is 0. The number of hydrogen-bond acceptors (Lipinski definition) is 2. The molecule has 0 aromatic carbocycles. The Hall–Kier alpha value is 0.137. The van der Waals surface area contributed by atoms with Gasteiger partial charge in [0, 0.05) is 13.7 Å². The van der Waals surface area contributed by atoms with Gasteiger partial charge in [0.15, 0.2) is 9.76 Å². The van der Waals surface area contributed by atoms with Crippen LogP contribution in [0.3, 0.4) is 0 Å². The van der Waals surface area contributed by atoms with E-state index in [9.17, 15) is 0 Å². The normalized spacial score (nSPS) is 11.4. The summed E-state index contributed by atoms with van der Waals surface area (Å²) in [5.74, 6) is 0. The SMILES string of the molecule is CCCCCOC[SiH2]OC. The predicted octanol–water partition coefficient (Wildman–Crippen LogP) is 0.881. The molecule has 0 aliphatic rings. The van der Waals surface area contributed by atoms with Crippen LogP contribution in [0, 0.1) is 0 Å². The second kappa shape index (κ2) is 9.14. The van der Waals surface area contributed by atoms with E-state index in [4.69, 9.17) is 9.16 Å². The fourth-order valence-corrected chi connectivity index (χ4v) is 1.19. The maximum absolute atomic E-state index is 5.31. The van der Waals surface area contributed by atoms with Gasteiger partial charge in [-0.15, -0.1) is 0 Å². The number of hydrogen-bond donors (Lipinski definition) is 0. The number of rotatable bonds is 7. The van der Waals surface area contributed by atoms with Gasteiger partial charge in [0.25, 0.3) is 0 Å². The Balaban J connectivity index is 2.65. The summed E-state index contributed by atoms with van der Waals surface area (Å²) < 4.78 is 10.3. The van der Waals surface area contributed by atoms with Crippen LogP contribution in [0.4, 0.5) is 0 Å². The largest absolute Gasteiger partial charge is 0.425 e. The summed E-state index contributed by atoms with van der Waals surface area (Å²) in [5.41, 5.74) is 0. The molecule has 0 N–H and O–H groups in total. The van der Waals surface area contributed by atoms with Crippen LogP contribution in [0.1, 0.15) is 26.2 Å². The molecule has 0 bridgehead atoms. The first kappa shape index (κ1) is 10.1. The van der Waals surface area contributed by atoms with Gasteiger partial charge in [-0.1, -0.05) is 19.8 Å². The Morgan fingerprint density at radius 2 is 2.10 bits per heavy atom. The molecule has 0 fully saturated rings. The van der Waals surface area contributed by atoms with Crippen molar-refractivity contribution in [1.82, 2.24) is 0 Å². The Morgan fingerprint density at radius 3 is 2.70 bits per heavy atom. The van der Waals surface area contributed by atoms with Gasteiger partial charge in [-0.2, -0.15) is 0 Å². The fraction of sp³-hybridized carbons (Fsp3) is 1.00. The summed E-state index contributed by atoms with van der Waals surface area (Å²) in [6.45, 7) is 3.12. The lowest BCUT2D eigenvalue weighted by molar-refractivity contribution is 0.163. The van der Waals surface area contributed by atoms with E-state index in [0.29, 0.717) is 0 Å². The van der Waals surface area contributed by atoms with Crippen molar-refractivity contribution in [3.05, 3.63) is 0 Å². The summed E-state index contributed by atoms with van der Waals surface area (Å²) in [6.07, 6.45) is 4.63. The van der Waals surface area contributed by atoms with Crippen molar-refractivity contribution in [3.63, 3.8) is 0 Å². The zero-order valence-corrected chi connectivity index (χ0v) is 8.47. The molecule has 0 aliphatic carbocycles. The molecular weight excluding hydrogens is 144 g/mol. The lowest BCUT2D eigenvalue weighted by Gasteiger charge is -2.00. The molecule has 0 rings (SSSR count). The van der Waals surface area contributed by atoms with E-state index in [1.807, 2.05) is 0 Å². The summed E-state index contributed by atoms with van der Waals surface area (Å²) in [7, 11) is 1.42. The first-order chi connectivity index (χ1) is 4.91. The van der Waals surface area contributed by atoms with E-state index in [0.717, 1.165) is 12.8 Å². The molecule has 0 aromatic rings. The highest BCUT2D eigenvalue weighted by atomic mass is 28.2. The van der Waals surface area contributed by atoms with Gasteiger partial charge >= 0.3 is 0 Å². The topological polar surface area (TPSA) is 18.5 Å². The highest BCUT2D eigenvalue weighted by Crippen LogP contribution is 1.93. The van der Waals surface area contributed by atoms with Crippen molar-refractivity contribution in [2.75, 3.05) is 19.9 Å². The van der Waals surface area contributed by atoms with E-state index in [1.54, 1.807) is 7.11 Å². The quantitative estimate of drug-likeness (QED) is 0.409. The fourth-order valence-electron chi connectivity index (χ4n) is 0.698. The van der Waals surface area contributed by atoms with Crippen LogP contribution in [0.25, 0.3) is 0 Å². The second-order valence-corrected chi connectivity index (χ2v) is 3.71. The molecule has 0 amide bonds. The van der Waals surface area contributed by atoms with Crippen molar-refractivity contribution in [2.45, 2.75) is 26.2 Å². The van der Waals surface area contributed by atoms with Gasteiger partial charge in [0.2, 0.25) is 0 Å². The molecule has 0 radical (unpaired) electrons. The molecular formula is C7H18O2Si. The molecule has 2 nitrogen and oxygen atoms in total. The third kappa shape index (κ3) is 8.14. The van der Waals surface area contributed by atoms with Gasteiger partial charge in [0.1, 0.15) is 0 Å². The molecule has 0 aliphatic heterocycles. The van der Waals surface area contributed by atoms with Gasteiger partial charge in [-0.3, -0.25) is 0 Å². The zero-order valence-electron chi connectivity index (χ0n) is 7.06. The highest BCUT2D eigenvalue weighted by molar-refractivity contribution is 6.26. The zero-order chi connectivity index (χ0) is 7.66. The molecule has 3 heteroatoms. The van der Waals surface area contributed by atoms with Crippen LogP contribution >= 0.6 is 0 Å². The molecule has 0 atom stereocenters. The smallest absolute Gasteiger partial charge is 0.186 e. The van der Waals surface area contributed by atoms with Gasteiger partial charge < -0.3 is 9.16 Å². The number of ether oxygens (including phenoxy) is 1. The van der Waals surface area contributed by atoms with E-state index < -0.39 is 0 Å². The molecule has 0 spiro atoms. The Morgan fingerprint density at radius 1 is 1.30 bits per heavy atom. The first-order valence-corrected chi connectivity index (χ1v) is 5.56. The average molecular weight is 162 g/mol. The van der Waals surface area contributed by atoms with E-state index in [2.05, 4.69) is 6.92 Å². The minimum absolute atomic E-state index is 0.335. The Kier molecular flexibility index (Phi) is 9.26. The monoisotopic (exact) mass is 162 g/mol. The Labute approximate surface area is 65.9 Å². The lowest BCUT2D eigenvalue weighted by Crippen LogP contribution is -2.06. The van der Waals surface area contributed by atoms with E-state index in [-0.39, 0.29) is 9.76 Å². The first-order valence-electron chi connectivity index (χ1n) is 3.98. The third-order valence-electron chi connectivity index (χ3n) is 1.32. The van der Waals surface area contributed by atoms with Gasteiger partial charge in [0.05, 0.1) is 6.23 Å². The standard InChI is InChI=1S/C7H18O2Si/c1-3-4-5-6-9-7-10-8-2/h3-7,10H2,1-2H3. The average Bonchev–Trinajstić information content (AvgIpc) is 1.97. The molecule has 0 saturated carbocycles.